The zero-order valence-corrected chi connectivity index (χ0v) is 18.3. The SMILES string of the molecule is Cc1cn(C)c(=O)c(NC(=O)N[C@@H](CC(=O)O)c2cccc(-n3c(C)ccc3C)c2)c1O. The highest BCUT2D eigenvalue weighted by Crippen LogP contribution is 2.25. The molecule has 0 aliphatic carbocycles. The number of urea groups is 1. The first-order valence-electron chi connectivity index (χ1n) is 10.0. The van der Waals surface area contributed by atoms with E-state index in [-0.39, 0.29) is 17.9 Å². The molecule has 2 heterocycles. The van der Waals surface area contributed by atoms with E-state index in [0.29, 0.717) is 11.1 Å². The van der Waals surface area contributed by atoms with E-state index >= 15 is 0 Å². The summed E-state index contributed by atoms with van der Waals surface area (Å²) in [5.41, 5.74) is 3.02. The summed E-state index contributed by atoms with van der Waals surface area (Å²) in [7, 11) is 1.50. The molecule has 0 aliphatic heterocycles. The second kappa shape index (κ2) is 9.01. The van der Waals surface area contributed by atoms with Crippen molar-refractivity contribution >= 4 is 17.7 Å². The maximum Gasteiger partial charge on any atom is 0.319 e. The number of amides is 2. The minimum Gasteiger partial charge on any atom is -0.505 e. The second-order valence-electron chi connectivity index (χ2n) is 7.75. The van der Waals surface area contributed by atoms with Gasteiger partial charge in [0.2, 0.25) is 0 Å². The Labute approximate surface area is 184 Å². The number of carbonyl (C=O) groups is 2. The summed E-state index contributed by atoms with van der Waals surface area (Å²) in [5, 5.41) is 24.5. The van der Waals surface area contributed by atoms with Gasteiger partial charge in [-0.2, -0.15) is 0 Å². The van der Waals surface area contributed by atoms with Gasteiger partial charge in [0, 0.05) is 35.9 Å². The molecule has 0 fully saturated rings. The molecule has 0 spiro atoms. The number of benzene rings is 1. The molecule has 0 saturated heterocycles. The van der Waals surface area contributed by atoms with E-state index in [1.54, 1.807) is 19.1 Å². The van der Waals surface area contributed by atoms with Crippen molar-refractivity contribution in [1.82, 2.24) is 14.5 Å². The van der Waals surface area contributed by atoms with E-state index in [1.165, 1.54) is 17.8 Å². The molecule has 1 aromatic carbocycles. The molecule has 9 heteroatoms. The van der Waals surface area contributed by atoms with Crippen LogP contribution in [0.2, 0.25) is 0 Å². The normalized spacial score (nSPS) is 11.8. The van der Waals surface area contributed by atoms with Gasteiger partial charge in [-0.3, -0.25) is 9.59 Å². The molecular formula is C23H26N4O5. The molecule has 9 nitrogen and oxygen atoms in total. The number of nitrogens with zero attached hydrogens (tertiary/aromatic N) is 2. The molecule has 32 heavy (non-hydrogen) atoms. The van der Waals surface area contributed by atoms with Crippen LogP contribution < -0.4 is 16.2 Å². The van der Waals surface area contributed by atoms with Gasteiger partial charge in [-0.05, 0) is 50.6 Å². The quantitative estimate of drug-likeness (QED) is 0.470. The third kappa shape index (κ3) is 4.66. The lowest BCUT2D eigenvalue weighted by molar-refractivity contribution is -0.137. The Balaban J connectivity index is 1.90. The topological polar surface area (TPSA) is 126 Å². The molecule has 168 valence electrons. The lowest BCUT2D eigenvalue weighted by atomic mass is 10.0. The number of pyridine rings is 1. The van der Waals surface area contributed by atoms with Gasteiger partial charge in [-0.15, -0.1) is 0 Å². The first kappa shape index (κ1) is 22.7. The Morgan fingerprint density at radius 3 is 2.38 bits per heavy atom. The molecule has 0 saturated carbocycles. The number of anilines is 1. The molecule has 4 N–H and O–H groups in total. The van der Waals surface area contributed by atoms with Crippen molar-refractivity contribution < 1.29 is 19.8 Å². The van der Waals surface area contributed by atoms with Crippen molar-refractivity contribution in [3.8, 4) is 11.4 Å². The number of aromatic hydroxyl groups is 1. The number of carboxylic acids is 1. The Hall–Kier alpha value is -4.01. The van der Waals surface area contributed by atoms with Crippen molar-refractivity contribution in [3.63, 3.8) is 0 Å². The first-order chi connectivity index (χ1) is 15.1. The Morgan fingerprint density at radius 2 is 1.75 bits per heavy atom. The van der Waals surface area contributed by atoms with Crippen molar-refractivity contribution in [3.05, 3.63) is 75.5 Å². The number of carbonyl (C=O) groups excluding carboxylic acids is 1. The van der Waals surface area contributed by atoms with E-state index in [4.69, 9.17) is 0 Å². The fourth-order valence-corrected chi connectivity index (χ4v) is 3.69. The lowest BCUT2D eigenvalue weighted by Crippen LogP contribution is -2.36. The third-order valence-corrected chi connectivity index (χ3v) is 5.26. The van der Waals surface area contributed by atoms with Crippen molar-refractivity contribution in [2.45, 2.75) is 33.2 Å². The van der Waals surface area contributed by atoms with Crippen LogP contribution in [0, 0.1) is 20.8 Å². The molecule has 0 unspecified atom stereocenters. The third-order valence-electron chi connectivity index (χ3n) is 5.26. The van der Waals surface area contributed by atoms with Gasteiger partial charge >= 0.3 is 12.0 Å². The summed E-state index contributed by atoms with van der Waals surface area (Å²) in [5.74, 6) is -1.43. The highest BCUT2D eigenvalue weighted by molar-refractivity contribution is 5.91. The van der Waals surface area contributed by atoms with Gasteiger partial charge in [0.25, 0.3) is 5.56 Å². The second-order valence-corrected chi connectivity index (χ2v) is 7.75. The highest BCUT2D eigenvalue weighted by Gasteiger charge is 2.21. The molecule has 0 radical (unpaired) electrons. The fourth-order valence-electron chi connectivity index (χ4n) is 3.69. The van der Waals surface area contributed by atoms with Gasteiger partial charge < -0.3 is 30.0 Å². The van der Waals surface area contributed by atoms with E-state index in [2.05, 4.69) is 10.6 Å². The van der Waals surface area contributed by atoms with Crippen LogP contribution in [0.3, 0.4) is 0 Å². The minimum atomic E-state index is -1.09. The van der Waals surface area contributed by atoms with Crippen LogP contribution in [0.25, 0.3) is 5.69 Å². The first-order valence-corrected chi connectivity index (χ1v) is 10.0. The maximum absolute atomic E-state index is 12.6. The van der Waals surface area contributed by atoms with Gasteiger partial charge in [-0.25, -0.2) is 4.79 Å². The molecule has 2 aromatic heterocycles. The molecular weight excluding hydrogens is 412 g/mol. The molecule has 0 bridgehead atoms. The summed E-state index contributed by atoms with van der Waals surface area (Å²) in [6.07, 6.45) is 1.09. The van der Waals surface area contributed by atoms with Gasteiger partial charge in [0.05, 0.1) is 12.5 Å². The zero-order chi connectivity index (χ0) is 23.6. The van der Waals surface area contributed by atoms with Crippen molar-refractivity contribution in [2.24, 2.45) is 7.05 Å². The van der Waals surface area contributed by atoms with Crippen molar-refractivity contribution in [1.29, 1.82) is 0 Å². The van der Waals surface area contributed by atoms with Crippen LogP contribution in [-0.4, -0.2) is 31.3 Å². The van der Waals surface area contributed by atoms with Crippen LogP contribution >= 0.6 is 0 Å². The lowest BCUT2D eigenvalue weighted by Gasteiger charge is -2.20. The van der Waals surface area contributed by atoms with Crippen LogP contribution in [0.5, 0.6) is 5.75 Å². The van der Waals surface area contributed by atoms with E-state index < -0.39 is 23.6 Å². The monoisotopic (exact) mass is 438 g/mol. The van der Waals surface area contributed by atoms with E-state index in [9.17, 15) is 24.6 Å². The number of aromatic nitrogens is 2. The van der Waals surface area contributed by atoms with E-state index in [0.717, 1.165) is 17.1 Å². The predicted octanol–water partition coefficient (Wildman–Crippen LogP) is 3.14. The molecule has 0 aliphatic rings. The summed E-state index contributed by atoms with van der Waals surface area (Å²) in [6.45, 7) is 5.53. The predicted molar refractivity (Wildman–Crippen MR) is 120 cm³/mol. The van der Waals surface area contributed by atoms with Crippen LogP contribution in [0.15, 0.2) is 47.4 Å². The summed E-state index contributed by atoms with van der Waals surface area (Å²) >= 11 is 0. The van der Waals surface area contributed by atoms with Crippen LogP contribution in [0.4, 0.5) is 10.5 Å². The number of nitrogens with one attached hydrogen (secondary N) is 2. The Kier molecular flexibility index (Phi) is 6.38. The largest absolute Gasteiger partial charge is 0.505 e. The summed E-state index contributed by atoms with van der Waals surface area (Å²) < 4.78 is 3.26. The standard InChI is InChI=1S/C23H26N4O5/c1-13-12-26(4)22(31)20(21(13)30)25-23(32)24-18(11-19(28)29)16-6-5-7-17(10-16)27-14(2)8-9-15(27)3/h5-10,12,18,30H,11H2,1-4H3,(H,28,29)(H2,24,25,32)/t18-/m0/s1. The van der Waals surface area contributed by atoms with Crippen molar-refractivity contribution in [2.75, 3.05) is 5.32 Å². The molecule has 3 aromatic rings. The summed E-state index contributed by atoms with van der Waals surface area (Å²) in [4.78, 5) is 36.4. The smallest absolute Gasteiger partial charge is 0.319 e. The van der Waals surface area contributed by atoms with Gasteiger partial charge in [0.15, 0.2) is 5.69 Å². The number of aliphatic carboxylic acids is 1. The maximum atomic E-state index is 12.6. The Bertz CT molecular complexity index is 1220. The number of aryl methyl sites for hydroxylation is 4. The van der Waals surface area contributed by atoms with Gasteiger partial charge in [0.1, 0.15) is 5.75 Å². The van der Waals surface area contributed by atoms with Gasteiger partial charge in [-0.1, -0.05) is 12.1 Å². The average molecular weight is 438 g/mol. The van der Waals surface area contributed by atoms with Crippen LogP contribution in [0.1, 0.15) is 35.0 Å². The molecule has 1 atom stereocenters. The molecule has 2 amide bonds. The zero-order valence-electron chi connectivity index (χ0n) is 18.3. The highest BCUT2D eigenvalue weighted by atomic mass is 16.4. The number of rotatable bonds is 6. The molecule has 3 rings (SSSR count). The number of carboxylic acid groups (broad SMARTS) is 1. The van der Waals surface area contributed by atoms with E-state index in [1.807, 2.05) is 42.7 Å². The minimum absolute atomic E-state index is 0.272. The number of hydrogen-bond acceptors (Lipinski definition) is 4. The Morgan fingerprint density at radius 1 is 1.09 bits per heavy atom. The number of hydrogen-bond donors (Lipinski definition) is 4. The summed E-state index contributed by atoms with van der Waals surface area (Å²) in [6, 6.07) is 9.54. The average Bonchev–Trinajstić information content (AvgIpc) is 3.07. The fraction of sp³-hybridized carbons (Fsp3) is 0.261. The van der Waals surface area contributed by atoms with Crippen LogP contribution in [-0.2, 0) is 11.8 Å².